The van der Waals surface area contributed by atoms with Crippen molar-refractivity contribution in [2.75, 3.05) is 0 Å². The number of aromatic nitrogens is 3. The van der Waals surface area contributed by atoms with Crippen LogP contribution in [0.1, 0.15) is 15.9 Å². The van der Waals surface area contributed by atoms with Gasteiger partial charge in [0.05, 0.1) is 5.69 Å². The first-order chi connectivity index (χ1) is 14.2. The van der Waals surface area contributed by atoms with Crippen molar-refractivity contribution in [2.24, 2.45) is 0 Å². The van der Waals surface area contributed by atoms with Crippen LogP contribution >= 0.6 is 0 Å². The van der Waals surface area contributed by atoms with Gasteiger partial charge in [0.2, 0.25) is 5.88 Å². The third-order valence-electron chi connectivity index (χ3n) is 4.19. The Balaban J connectivity index is 1.37. The summed E-state index contributed by atoms with van der Waals surface area (Å²) in [7, 11) is 0. The van der Waals surface area contributed by atoms with E-state index in [0.717, 1.165) is 11.3 Å². The number of amides is 1. The van der Waals surface area contributed by atoms with E-state index in [0.29, 0.717) is 23.7 Å². The van der Waals surface area contributed by atoms with Gasteiger partial charge in [-0.1, -0.05) is 0 Å². The Kier molecular flexibility index (Phi) is 5.29. The molecule has 1 N–H and O–H groups in total. The van der Waals surface area contributed by atoms with Crippen LogP contribution in [0.25, 0.3) is 5.69 Å². The normalized spacial score (nSPS) is 10.5. The maximum Gasteiger partial charge on any atom is 0.251 e. The van der Waals surface area contributed by atoms with Gasteiger partial charge in [0.25, 0.3) is 5.91 Å². The van der Waals surface area contributed by atoms with E-state index in [9.17, 15) is 9.18 Å². The van der Waals surface area contributed by atoms with Gasteiger partial charge in [0.1, 0.15) is 11.6 Å². The minimum Gasteiger partial charge on any atom is -0.439 e. The molecule has 7 heteroatoms. The number of hydrogen-bond acceptors (Lipinski definition) is 4. The molecule has 1 amide bonds. The molecule has 144 valence electrons. The number of carbonyl (C=O) groups excluding carboxylic acids is 1. The number of ether oxygens (including phenoxy) is 1. The number of benzene rings is 2. The lowest BCUT2D eigenvalue weighted by Crippen LogP contribution is -2.22. The molecule has 0 aliphatic heterocycles. The molecular formula is C22H17FN4O2. The van der Waals surface area contributed by atoms with Gasteiger partial charge in [-0.15, -0.1) is 0 Å². The molecule has 2 aromatic carbocycles. The van der Waals surface area contributed by atoms with Crippen LogP contribution in [0.3, 0.4) is 0 Å². The van der Waals surface area contributed by atoms with E-state index in [-0.39, 0.29) is 11.7 Å². The molecule has 2 heterocycles. The van der Waals surface area contributed by atoms with Crippen molar-refractivity contribution in [3.8, 4) is 17.3 Å². The van der Waals surface area contributed by atoms with Crippen molar-refractivity contribution in [1.29, 1.82) is 0 Å². The quantitative estimate of drug-likeness (QED) is 0.539. The van der Waals surface area contributed by atoms with E-state index in [1.165, 1.54) is 24.3 Å². The Bertz CT molecular complexity index is 1090. The van der Waals surface area contributed by atoms with Gasteiger partial charge in [-0.05, 0) is 66.2 Å². The van der Waals surface area contributed by atoms with Crippen molar-refractivity contribution >= 4 is 5.91 Å². The lowest BCUT2D eigenvalue weighted by molar-refractivity contribution is 0.0951. The Labute approximate surface area is 166 Å². The van der Waals surface area contributed by atoms with Crippen LogP contribution in [0.2, 0.25) is 0 Å². The Morgan fingerprint density at radius 1 is 1.03 bits per heavy atom. The van der Waals surface area contributed by atoms with Crippen LogP contribution < -0.4 is 10.1 Å². The fourth-order valence-corrected chi connectivity index (χ4v) is 2.71. The summed E-state index contributed by atoms with van der Waals surface area (Å²) in [5, 5.41) is 7.03. The van der Waals surface area contributed by atoms with E-state index in [4.69, 9.17) is 4.74 Å². The fraction of sp³-hybridized carbons (Fsp3) is 0.0455. The zero-order chi connectivity index (χ0) is 20.1. The van der Waals surface area contributed by atoms with E-state index < -0.39 is 0 Å². The number of hydrogen-bond donors (Lipinski definition) is 1. The average molecular weight is 388 g/mol. The van der Waals surface area contributed by atoms with E-state index in [2.05, 4.69) is 15.4 Å². The van der Waals surface area contributed by atoms with Crippen LogP contribution in [0.4, 0.5) is 4.39 Å². The highest BCUT2D eigenvalue weighted by Gasteiger charge is 2.07. The lowest BCUT2D eigenvalue weighted by atomic mass is 10.2. The number of rotatable bonds is 6. The average Bonchev–Trinajstić information content (AvgIpc) is 3.29. The number of carbonyl (C=O) groups is 1. The molecule has 0 saturated carbocycles. The molecule has 29 heavy (non-hydrogen) atoms. The predicted octanol–water partition coefficient (Wildman–Crippen LogP) is 4.13. The summed E-state index contributed by atoms with van der Waals surface area (Å²) in [5.74, 6) is 0.332. The van der Waals surface area contributed by atoms with Gasteiger partial charge in [-0.2, -0.15) is 5.10 Å². The molecule has 6 nitrogen and oxygen atoms in total. The molecule has 0 bridgehead atoms. The molecule has 0 spiro atoms. The SMILES string of the molecule is O=C(NCc1ccnc(Oc2ccc(F)cc2)c1)c1ccc(-n2cccn2)cc1. The molecule has 0 aliphatic carbocycles. The van der Waals surface area contributed by atoms with Crippen LogP contribution in [-0.4, -0.2) is 20.7 Å². The largest absolute Gasteiger partial charge is 0.439 e. The number of halogens is 1. The summed E-state index contributed by atoms with van der Waals surface area (Å²) in [6.45, 7) is 0.321. The molecule has 0 atom stereocenters. The van der Waals surface area contributed by atoms with Crippen LogP contribution in [-0.2, 0) is 6.54 Å². The standard InChI is InChI=1S/C22H17FN4O2/c23-18-4-8-20(9-5-18)29-21-14-16(10-12-24-21)15-25-22(28)17-2-6-19(7-3-17)27-13-1-11-26-27/h1-14H,15H2,(H,25,28). The molecule has 4 rings (SSSR count). The van der Waals surface area contributed by atoms with E-state index in [1.54, 1.807) is 41.3 Å². The first-order valence-electron chi connectivity index (χ1n) is 8.94. The summed E-state index contributed by atoms with van der Waals surface area (Å²) in [5.41, 5.74) is 2.26. The topological polar surface area (TPSA) is 69.0 Å². The van der Waals surface area contributed by atoms with Crippen molar-refractivity contribution in [3.05, 3.63) is 102 Å². The van der Waals surface area contributed by atoms with Crippen molar-refractivity contribution in [3.63, 3.8) is 0 Å². The van der Waals surface area contributed by atoms with Gasteiger partial charge >= 0.3 is 0 Å². The Hall–Kier alpha value is -4.00. The zero-order valence-electron chi connectivity index (χ0n) is 15.3. The Morgan fingerprint density at radius 2 is 1.83 bits per heavy atom. The second-order valence-corrected chi connectivity index (χ2v) is 6.24. The van der Waals surface area contributed by atoms with Crippen LogP contribution in [0.5, 0.6) is 11.6 Å². The summed E-state index contributed by atoms with van der Waals surface area (Å²) in [4.78, 5) is 16.5. The maximum absolute atomic E-state index is 13.0. The van der Waals surface area contributed by atoms with Crippen molar-refractivity contribution in [1.82, 2.24) is 20.1 Å². The van der Waals surface area contributed by atoms with Gasteiger partial charge < -0.3 is 10.1 Å². The summed E-state index contributed by atoms with van der Waals surface area (Å²) in [6, 6.07) is 18.2. The van der Waals surface area contributed by atoms with Crippen molar-refractivity contribution in [2.45, 2.75) is 6.54 Å². The smallest absolute Gasteiger partial charge is 0.251 e. The first kappa shape index (κ1) is 18.4. The minimum absolute atomic E-state index is 0.185. The maximum atomic E-state index is 13.0. The van der Waals surface area contributed by atoms with E-state index >= 15 is 0 Å². The molecule has 2 aromatic heterocycles. The van der Waals surface area contributed by atoms with Crippen LogP contribution in [0, 0.1) is 5.82 Å². The minimum atomic E-state index is -0.334. The van der Waals surface area contributed by atoms with Gasteiger partial charge in [0, 0.05) is 36.8 Å². The summed E-state index contributed by atoms with van der Waals surface area (Å²) < 4.78 is 20.3. The molecule has 0 aliphatic rings. The van der Waals surface area contributed by atoms with Gasteiger partial charge in [-0.25, -0.2) is 14.1 Å². The lowest BCUT2D eigenvalue weighted by Gasteiger charge is -2.09. The third-order valence-corrected chi connectivity index (χ3v) is 4.19. The van der Waals surface area contributed by atoms with E-state index in [1.807, 2.05) is 24.4 Å². The molecular weight excluding hydrogens is 371 g/mol. The fourth-order valence-electron chi connectivity index (χ4n) is 2.71. The number of pyridine rings is 1. The predicted molar refractivity (Wildman–Crippen MR) is 105 cm³/mol. The first-order valence-corrected chi connectivity index (χ1v) is 8.94. The van der Waals surface area contributed by atoms with Crippen molar-refractivity contribution < 1.29 is 13.9 Å². The number of nitrogens with one attached hydrogen (secondary N) is 1. The second-order valence-electron chi connectivity index (χ2n) is 6.24. The molecule has 0 radical (unpaired) electrons. The summed E-state index contributed by atoms with van der Waals surface area (Å²) in [6.07, 6.45) is 5.13. The van der Waals surface area contributed by atoms with Gasteiger partial charge in [0.15, 0.2) is 0 Å². The highest BCUT2D eigenvalue weighted by atomic mass is 19.1. The second kappa shape index (κ2) is 8.35. The number of nitrogens with zero attached hydrogens (tertiary/aromatic N) is 3. The monoisotopic (exact) mass is 388 g/mol. The Morgan fingerprint density at radius 3 is 2.55 bits per heavy atom. The molecule has 0 unspecified atom stereocenters. The molecule has 0 saturated heterocycles. The zero-order valence-corrected chi connectivity index (χ0v) is 15.3. The molecule has 0 fully saturated rings. The molecule has 4 aromatic rings. The summed E-state index contributed by atoms with van der Waals surface area (Å²) >= 11 is 0. The highest BCUT2D eigenvalue weighted by Crippen LogP contribution is 2.20. The third kappa shape index (κ3) is 4.65. The van der Waals surface area contributed by atoms with Crippen LogP contribution in [0.15, 0.2) is 85.3 Å². The van der Waals surface area contributed by atoms with Gasteiger partial charge in [-0.3, -0.25) is 4.79 Å². The highest BCUT2D eigenvalue weighted by molar-refractivity contribution is 5.94.